The monoisotopic (exact) mass is 357 g/mol. The number of nitrogens with zero attached hydrogens (tertiary/aromatic N) is 3. The number of hydrogen-bond acceptors (Lipinski definition) is 5. The topological polar surface area (TPSA) is 72.4 Å². The summed E-state index contributed by atoms with van der Waals surface area (Å²) in [4.78, 5) is 18.4. The van der Waals surface area contributed by atoms with Gasteiger partial charge in [-0.1, -0.05) is 19.0 Å². The van der Waals surface area contributed by atoms with Crippen LogP contribution < -0.4 is 0 Å². The van der Waals surface area contributed by atoms with E-state index in [2.05, 4.69) is 24.0 Å². The standard InChI is InChI=1S/C19H20FN3O3/c1-11(2)9-23-10-12(3-6-16(23)24)18-21-19(26-22-18)17-13-7-8-25-15(13)5-4-14(17)20/h4-5,7-8,11-12H,3,6,9-10H2,1-2H3. The first kappa shape index (κ1) is 16.8. The van der Waals surface area contributed by atoms with Gasteiger partial charge in [-0.15, -0.1) is 0 Å². The average Bonchev–Trinajstić information content (AvgIpc) is 3.25. The van der Waals surface area contributed by atoms with E-state index in [9.17, 15) is 9.18 Å². The first-order valence-corrected chi connectivity index (χ1v) is 8.80. The number of carbonyl (C=O) groups is 1. The van der Waals surface area contributed by atoms with Crippen molar-refractivity contribution >= 4 is 16.9 Å². The van der Waals surface area contributed by atoms with E-state index in [-0.39, 0.29) is 23.3 Å². The van der Waals surface area contributed by atoms with Crippen LogP contribution in [0.5, 0.6) is 0 Å². The molecule has 7 heteroatoms. The van der Waals surface area contributed by atoms with Crippen LogP contribution in [0, 0.1) is 11.7 Å². The van der Waals surface area contributed by atoms with Gasteiger partial charge >= 0.3 is 0 Å². The van der Waals surface area contributed by atoms with Gasteiger partial charge in [0.05, 0.1) is 11.8 Å². The number of furan rings is 1. The number of benzene rings is 1. The number of carbonyl (C=O) groups excluding carboxylic acids is 1. The fourth-order valence-corrected chi connectivity index (χ4v) is 3.48. The Kier molecular flexibility index (Phi) is 4.22. The molecule has 0 spiro atoms. The fourth-order valence-electron chi connectivity index (χ4n) is 3.48. The van der Waals surface area contributed by atoms with Crippen LogP contribution in [0.2, 0.25) is 0 Å². The first-order valence-electron chi connectivity index (χ1n) is 8.80. The molecule has 1 amide bonds. The Morgan fingerprint density at radius 3 is 3.00 bits per heavy atom. The Morgan fingerprint density at radius 2 is 2.19 bits per heavy atom. The zero-order valence-corrected chi connectivity index (χ0v) is 14.7. The molecule has 6 nitrogen and oxygen atoms in total. The molecule has 3 heterocycles. The number of fused-ring (bicyclic) bond motifs is 1. The van der Waals surface area contributed by atoms with Crippen LogP contribution in [-0.4, -0.2) is 34.0 Å². The third-order valence-corrected chi connectivity index (χ3v) is 4.69. The Morgan fingerprint density at radius 1 is 1.35 bits per heavy atom. The molecule has 1 aromatic carbocycles. The molecule has 0 N–H and O–H groups in total. The van der Waals surface area contributed by atoms with Gasteiger partial charge in [0.1, 0.15) is 11.4 Å². The summed E-state index contributed by atoms with van der Waals surface area (Å²) in [5, 5.41) is 4.66. The van der Waals surface area contributed by atoms with Gasteiger partial charge in [-0.05, 0) is 30.5 Å². The molecule has 1 saturated heterocycles. The number of likely N-dealkylation sites (tertiary alicyclic amines) is 1. The van der Waals surface area contributed by atoms with Crippen LogP contribution in [0.25, 0.3) is 22.4 Å². The van der Waals surface area contributed by atoms with Gasteiger partial charge in [0.25, 0.3) is 5.89 Å². The lowest BCUT2D eigenvalue weighted by molar-refractivity contribution is -0.134. The molecule has 0 aliphatic carbocycles. The van der Waals surface area contributed by atoms with E-state index < -0.39 is 5.82 Å². The van der Waals surface area contributed by atoms with E-state index in [1.807, 2.05) is 4.90 Å². The lowest BCUT2D eigenvalue weighted by Gasteiger charge is -2.32. The molecule has 136 valence electrons. The zero-order valence-electron chi connectivity index (χ0n) is 14.7. The van der Waals surface area contributed by atoms with Gasteiger partial charge in [0.15, 0.2) is 5.82 Å². The molecule has 0 radical (unpaired) electrons. The van der Waals surface area contributed by atoms with Gasteiger partial charge in [-0.3, -0.25) is 4.79 Å². The Balaban J connectivity index is 1.63. The summed E-state index contributed by atoms with van der Waals surface area (Å²) >= 11 is 0. The minimum Gasteiger partial charge on any atom is -0.464 e. The molecule has 2 aromatic heterocycles. The van der Waals surface area contributed by atoms with E-state index in [0.29, 0.717) is 48.6 Å². The highest BCUT2D eigenvalue weighted by atomic mass is 19.1. The summed E-state index contributed by atoms with van der Waals surface area (Å²) < 4.78 is 25.0. The van der Waals surface area contributed by atoms with Crippen LogP contribution >= 0.6 is 0 Å². The first-order chi connectivity index (χ1) is 12.5. The summed E-state index contributed by atoms with van der Waals surface area (Å²) in [6.07, 6.45) is 2.64. The van der Waals surface area contributed by atoms with Crippen molar-refractivity contribution in [3.05, 3.63) is 36.1 Å². The minimum absolute atomic E-state index is 0.00411. The van der Waals surface area contributed by atoms with E-state index in [0.717, 1.165) is 0 Å². The van der Waals surface area contributed by atoms with Crippen molar-refractivity contribution in [2.45, 2.75) is 32.6 Å². The highest BCUT2D eigenvalue weighted by molar-refractivity contribution is 5.91. The highest BCUT2D eigenvalue weighted by Gasteiger charge is 2.30. The van der Waals surface area contributed by atoms with Crippen molar-refractivity contribution < 1.29 is 18.1 Å². The van der Waals surface area contributed by atoms with Crippen molar-refractivity contribution in [3.63, 3.8) is 0 Å². The maximum absolute atomic E-state index is 14.4. The molecule has 1 atom stereocenters. The second-order valence-electron chi connectivity index (χ2n) is 7.14. The number of amides is 1. The molecule has 0 saturated carbocycles. The van der Waals surface area contributed by atoms with Crippen molar-refractivity contribution in [2.75, 3.05) is 13.1 Å². The third kappa shape index (κ3) is 2.98. The van der Waals surface area contributed by atoms with Crippen molar-refractivity contribution in [3.8, 4) is 11.5 Å². The second kappa shape index (κ2) is 6.55. The molecule has 1 unspecified atom stereocenters. The van der Waals surface area contributed by atoms with Crippen molar-refractivity contribution in [2.24, 2.45) is 5.92 Å². The minimum atomic E-state index is -0.436. The van der Waals surface area contributed by atoms with Gasteiger partial charge < -0.3 is 13.8 Å². The highest BCUT2D eigenvalue weighted by Crippen LogP contribution is 2.33. The molecule has 1 fully saturated rings. The van der Waals surface area contributed by atoms with Crippen LogP contribution in [0.4, 0.5) is 4.39 Å². The summed E-state index contributed by atoms with van der Waals surface area (Å²) in [5.41, 5.74) is 0.813. The zero-order chi connectivity index (χ0) is 18.3. The third-order valence-electron chi connectivity index (χ3n) is 4.69. The summed E-state index contributed by atoms with van der Waals surface area (Å²) in [6.45, 7) is 5.44. The number of halogens is 1. The quantitative estimate of drug-likeness (QED) is 0.706. The molecule has 1 aliphatic heterocycles. The molecule has 4 rings (SSSR count). The summed E-state index contributed by atoms with van der Waals surface area (Å²) in [5.74, 6) is 0.766. The normalized spacial score (nSPS) is 18.2. The number of hydrogen-bond donors (Lipinski definition) is 0. The maximum atomic E-state index is 14.4. The molecule has 1 aliphatic rings. The Labute approximate surface area is 150 Å². The SMILES string of the molecule is CC(C)CN1CC(c2noc(-c3c(F)ccc4occc34)n2)CCC1=O. The lowest BCUT2D eigenvalue weighted by atomic mass is 9.96. The number of rotatable bonds is 4. The Hall–Kier alpha value is -2.70. The summed E-state index contributed by atoms with van der Waals surface area (Å²) in [7, 11) is 0. The van der Waals surface area contributed by atoms with Gasteiger partial charge in [-0.2, -0.15) is 4.98 Å². The predicted molar refractivity (Wildman–Crippen MR) is 92.9 cm³/mol. The number of piperidine rings is 1. The Bertz CT molecular complexity index is 947. The molecule has 26 heavy (non-hydrogen) atoms. The van der Waals surface area contributed by atoms with Crippen LogP contribution in [0.15, 0.2) is 33.4 Å². The van der Waals surface area contributed by atoms with E-state index in [1.165, 1.54) is 12.3 Å². The van der Waals surface area contributed by atoms with Gasteiger partial charge in [-0.25, -0.2) is 4.39 Å². The van der Waals surface area contributed by atoms with Crippen LogP contribution in [0.1, 0.15) is 38.4 Å². The largest absolute Gasteiger partial charge is 0.464 e. The molecular weight excluding hydrogens is 337 g/mol. The van der Waals surface area contributed by atoms with Crippen LogP contribution in [0.3, 0.4) is 0 Å². The lowest BCUT2D eigenvalue weighted by Crippen LogP contribution is -2.41. The second-order valence-corrected chi connectivity index (χ2v) is 7.14. The van der Waals surface area contributed by atoms with E-state index in [1.54, 1.807) is 12.1 Å². The average molecular weight is 357 g/mol. The molecular formula is C19H20FN3O3. The summed E-state index contributed by atoms with van der Waals surface area (Å²) in [6, 6.07) is 4.58. The smallest absolute Gasteiger partial charge is 0.261 e. The molecule has 3 aromatic rings. The fraction of sp³-hybridized carbons (Fsp3) is 0.421. The number of aromatic nitrogens is 2. The molecule has 0 bridgehead atoms. The van der Waals surface area contributed by atoms with Crippen molar-refractivity contribution in [1.82, 2.24) is 15.0 Å². The van der Waals surface area contributed by atoms with Gasteiger partial charge in [0, 0.05) is 30.8 Å². The van der Waals surface area contributed by atoms with E-state index >= 15 is 0 Å². The van der Waals surface area contributed by atoms with Gasteiger partial charge in [0.2, 0.25) is 5.91 Å². The predicted octanol–water partition coefficient (Wildman–Crippen LogP) is 3.98. The van der Waals surface area contributed by atoms with E-state index in [4.69, 9.17) is 8.94 Å². The maximum Gasteiger partial charge on any atom is 0.261 e. The van der Waals surface area contributed by atoms with Crippen LogP contribution in [-0.2, 0) is 4.79 Å². The van der Waals surface area contributed by atoms with Crippen molar-refractivity contribution in [1.29, 1.82) is 0 Å².